The maximum absolute atomic E-state index is 13.2. The topological polar surface area (TPSA) is 59.8 Å². The standard InChI is InChI=1S/C15H18F2N4OS/c1-9(2)21-8-18-20-15(21)23-7-14(22)19-10(3)11-4-5-12(16)13(17)6-11/h4-6,8-10H,7H2,1-3H3,(H,19,22). The Bertz CT molecular complexity index is 690. The molecule has 1 amide bonds. The smallest absolute Gasteiger partial charge is 0.230 e. The maximum atomic E-state index is 13.2. The van der Waals surface area contributed by atoms with E-state index in [2.05, 4.69) is 15.5 Å². The van der Waals surface area contributed by atoms with Gasteiger partial charge in [0.1, 0.15) is 6.33 Å². The Morgan fingerprint density at radius 2 is 2.04 bits per heavy atom. The molecule has 0 aliphatic heterocycles. The minimum atomic E-state index is -0.928. The van der Waals surface area contributed by atoms with E-state index in [-0.39, 0.29) is 17.7 Å². The number of rotatable bonds is 6. The number of nitrogens with one attached hydrogen (secondary N) is 1. The van der Waals surface area contributed by atoms with Crippen LogP contribution in [0.5, 0.6) is 0 Å². The third-order valence-electron chi connectivity index (χ3n) is 3.25. The van der Waals surface area contributed by atoms with E-state index in [0.717, 1.165) is 12.1 Å². The highest BCUT2D eigenvalue weighted by atomic mass is 32.2. The Labute approximate surface area is 137 Å². The maximum Gasteiger partial charge on any atom is 0.230 e. The first-order valence-corrected chi connectivity index (χ1v) is 8.13. The predicted molar refractivity (Wildman–Crippen MR) is 84.0 cm³/mol. The number of carbonyl (C=O) groups excluding carboxylic acids is 1. The average molecular weight is 340 g/mol. The van der Waals surface area contributed by atoms with Gasteiger partial charge >= 0.3 is 0 Å². The molecule has 0 spiro atoms. The Balaban J connectivity index is 1.91. The van der Waals surface area contributed by atoms with Gasteiger partial charge in [0.2, 0.25) is 5.91 Å². The monoisotopic (exact) mass is 340 g/mol. The molecule has 124 valence electrons. The Morgan fingerprint density at radius 1 is 1.30 bits per heavy atom. The predicted octanol–water partition coefficient (Wildman–Crippen LogP) is 3.11. The molecular weight excluding hydrogens is 322 g/mol. The van der Waals surface area contributed by atoms with Crippen LogP contribution in [0, 0.1) is 11.6 Å². The average Bonchev–Trinajstić information content (AvgIpc) is 2.96. The Kier molecular flexibility index (Phi) is 5.70. The zero-order chi connectivity index (χ0) is 17.0. The molecule has 0 aliphatic rings. The normalized spacial score (nSPS) is 12.4. The van der Waals surface area contributed by atoms with Gasteiger partial charge in [0.25, 0.3) is 0 Å². The zero-order valence-electron chi connectivity index (χ0n) is 13.1. The summed E-state index contributed by atoms with van der Waals surface area (Å²) in [5.74, 6) is -1.89. The van der Waals surface area contributed by atoms with Gasteiger partial charge in [0.05, 0.1) is 11.8 Å². The summed E-state index contributed by atoms with van der Waals surface area (Å²) in [4.78, 5) is 12.0. The Morgan fingerprint density at radius 3 is 2.70 bits per heavy atom. The van der Waals surface area contributed by atoms with Gasteiger partial charge < -0.3 is 9.88 Å². The van der Waals surface area contributed by atoms with Crippen molar-refractivity contribution in [2.45, 2.75) is 38.0 Å². The number of nitrogens with zero attached hydrogens (tertiary/aromatic N) is 3. The summed E-state index contributed by atoms with van der Waals surface area (Å²) in [5.41, 5.74) is 0.507. The van der Waals surface area contributed by atoms with E-state index in [1.54, 1.807) is 13.3 Å². The van der Waals surface area contributed by atoms with Crippen molar-refractivity contribution < 1.29 is 13.6 Å². The van der Waals surface area contributed by atoms with E-state index in [1.807, 2.05) is 18.4 Å². The fraction of sp³-hybridized carbons (Fsp3) is 0.400. The zero-order valence-corrected chi connectivity index (χ0v) is 13.9. The van der Waals surface area contributed by atoms with Gasteiger partial charge in [-0.3, -0.25) is 4.79 Å². The summed E-state index contributed by atoms with van der Waals surface area (Å²) in [6, 6.07) is 3.37. The second kappa shape index (κ2) is 7.54. The lowest BCUT2D eigenvalue weighted by atomic mass is 10.1. The van der Waals surface area contributed by atoms with Crippen LogP contribution in [0.3, 0.4) is 0 Å². The molecule has 0 aliphatic carbocycles. The van der Waals surface area contributed by atoms with Crippen LogP contribution in [0.1, 0.15) is 38.4 Å². The molecule has 0 fully saturated rings. The van der Waals surface area contributed by atoms with Crippen molar-refractivity contribution >= 4 is 17.7 Å². The number of amides is 1. The van der Waals surface area contributed by atoms with Crippen LogP contribution in [0.2, 0.25) is 0 Å². The number of carbonyl (C=O) groups is 1. The van der Waals surface area contributed by atoms with Crippen molar-refractivity contribution in [3.8, 4) is 0 Å². The molecule has 1 heterocycles. The van der Waals surface area contributed by atoms with Gasteiger partial charge in [-0.25, -0.2) is 8.78 Å². The SMILES string of the molecule is CC(NC(=O)CSc1nncn1C(C)C)c1ccc(F)c(F)c1. The fourth-order valence-corrected chi connectivity index (χ4v) is 2.82. The quantitative estimate of drug-likeness (QED) is 0.821. The molecule has 2 aromatic rings. The second-order valence-electron chi connectivity index (χ2n) is 5.37. The number of benzene rings is 1. The molecule has 5 nitrogen and oxygen atoms in total. The van der Waals surface area contributed by atoms with E-state index in [1.165, 1.54) is 17.8 Å². The van der Waals surface area contributed by atoms with Crippen molar-refractivity contribution in [2.24, 2.45) is 0 Å². The minimum Gasteiger partial charge on any atom is -0.349 e. The number of hydrogen-bond donors (Lipinski definition) is 1. The summed E-state index contributed by atoms with van der Waals surface area (Å²) in [5, 5.41) is 11.2. The molecule has 1 aromatic heterocycles. The summed E-state index contributed by atoms with van der Waals surface area (Å²) >= 11 is 1.28. The highest BCUT2D eigenvalue weighted by molar-refractivity contribution is 7.99. The van der Waals surface area contributed by atoms with Gasteiger partial charge in [-0.1, -0.05) is 17.8 Å². The lowest BCUT2D eigenvalue weighted by molar-refractivity contribution is -0.119. The van der Waals surface area contributed by atoms with Crippen LogP contribution < -0.4 is 5.32 Å². The van der Waals surface area contributed by atoms with E-state index in [9.17, 15) is 13.6 Å². The molecule has 1 atom stereocenters. The Hall–Kier alpha value is -1.96. The van der Waals surface area contributed by atoms with Gasteiger partial charge in [0, 0.05) is 6.04 Å². The highest BCUT2D eigenvalue weighted by Crippen LogP contribution is 2.20. The van der Waals surface area contributed by atoms with Crippen LogP contribution in [-0.2, 0) is 4.79 Å². The molecule has 8 heteroatoms. The molecular formula is C15H18F2N4OS. The van der Waals surface area contributed by atoms with E-state index >= 15 is 0 Å². The number of aromatic nitrogens is 3. The van der Waals surface area contributed by atoms with E-state index in [4.69, 9.17) is 0 Å². The number of thioether (sulfide) groups is 1. The third-order valence-corrected chi connectivity index (χ3v) is 4.21. The molecule has 1 N–H and O–H groups in total. The molecule has 23 heavy (non-hydrogen) atoms. The molecule has 0 bridgehead atoms. The van der Waals surface area contributed by atoms with Crippen LogP contribution in [0.25, 0.3) is 0 Å². The van der Waals surface area contributed by atoms with Gasteiger partial charge in [0.15, 0.2) is 16.8 Å². The van der Waals surface area contributed by atoms with E-state index in [0.29, 0.717) is 10.7 Å². The molecule has 0 saturated heterocycles. The first kappa shape index (κ1) is 17.4. The van der Waals surface area contributed by atoms with E-state index < -0.39 is 17.7 Å². The minimum absolute atomic E-state index is 0.166. The number of hydrogen-bond acceptors (Lipinski definition) is 4. The summed E-state index contributed by atoms with van der Waals surface area (Å²) in [6.07, 6.45) is 1.62. The van der Waals surface area contributed by atoms with Crippen molar-refractivity contribution in [3.05, 3.63) is 41.7 Å². The lowest BCUT2D eigenvalue weighted by Crippen LogP contribution is -2.28. The summed E-state index contributed by atoms with van der Waals surface area (Å²) in [6.45, 7) is 5.71. The van der Waals surface area contributed by atoms with Crippen LogP contribution >= 0.6 is 11.8 Å². The molecule has 0 saturated carbocycles. The van der Waals surface area contributed by atoms with Gasteiger partial charge in [-0.2, -0.15) is 0 Å². The summed E-state index contributed by atoms with van der Waals surface area (Å²) < 4.78 is 28.0. The van der Waals surface area contributed by atoms with Crippen molar-refractivity contribution in [1.82, 2.24) is 20.1 Å². The molecule has 2 rings (SSSR count). The largest absolute Gasteiger partial charge is 0.349 e. The van der Waals surface area contributed by atoms with Crippen molar-refractivity contribution in [1.29, 1.82) is 0 Å². The highest BCUT2D eigenvalue weighted by Gasteiger charge is 2.14. The molecule has 1 aromatic carbocycles. The van der Waals surface area contributed by atoms with Crippen molar-refractivity contribution in [2.75, 3.05) is 5.75 Å². The van der Waals surface area contributed by atoms with Crippen LogP contribution in [0.15, 0.2) is 29.7 Å². The van der Waals surface area contributed by atoms with Crippen molar-refractivity contribution in [3.63, 3.8) is 0 Å². The third kappa shape index (κ3) is 4.51. The first-order chi connectivity index (χ1) is 10.9. The lowest BCUT2D eigenvalue weighted by Gasteiger charge is -2.15. The van der Waals surface area contributed by atoms with Gasteiger partial charge in [-0.05, 0) is 38.5 Å². The molecule has 1 unspecified atom stereocenters. The first-order valence-electron chi connectivity index (χ1n) is 7.15. The summed E-state index contributed by atoms with van der Waals surface area (Å²) in [7, 11) is 0. The van der Waals surface area contributed by atoms with Gasteiger partial charge in [-0.15, -0.1) is 10.2 Å². The van der Waals surface area contributed by atoms with Crippen LogP contribution in [-0.4, -0.2) is 26.4 Å². The second-order valence-corrected chi connectivity index (χ2v) is 6.31. The van der Waals surface area contributed by atoms with Crippen LogP contribution in [0.4, 0.5) is 8.78 Å². The fourth-order valence-electron chi connectivity index (χ4n) is 1.97. The molecule has 0 radical (unpaired) electrons. The number of halogens is 2.